The quantitative estimate of drug-likeness (QED) is 0.110. The number of carbonyl (C=O) groups excluding carboxylic acids is 2. The van der Waals surface area contributed by atoms with Crippen LogP contribution in [0.15, 0.2) is 66.2 Å². The second-order valence-corrected chi connectivity index (χ2v) is 17.1. The van der Waals surface area contributed by atoms with Crippen molar-refractivity contribution in [2.75, 3.05) is 33.3 Å². The lowest BCUT2D eigenvalue weighted by Crippen LogP contribution is -2.72. The average molecular weight is 814 g/mol. The summed E-state index contributed by atoms with van der Waals surface area (Å²) in [6.45, 7) is 6.82. The molecule has 0 radical (unpaired) electrons. The lowest BCUT2D eigenvalue weighted by molar-refractivity contribution is -0.131. The number of likely N-dealkylation sites (N-methyl/N-ethyl adjacent to an activating group) is 2. The van der Waals surface area contributed by atoms with E-state index in [1.54, 1.807) is 15.9 Å². The SMILES string of the molecule is CCN(Cc1ccccc1Cl)C(=O)C1=C(c2ccc(CCCOc3c(F)ccc(F)c3F)cc2)CC23CN(C)CC2N(C(=O)OC(C)(C)C(Cl)(Cl)Cl)C13. The largest absolute Gasteiger partial charge is 0.488 e. The van der Waals surface area contributed by atoms with Crippen molar-refractivity contribution in [2.45, 2.75) is 68.1 Å². The molecular formula is C39H40Cl4F3N3O4. The van der Waals surface area contributed by atoms with E-state index in [2.05, 4.69) is 4.90 Å². The van der Waals surface area contributed by atoms with Crippen molar-refractivity contribution in [2.24, 2.45) is 5.41 Å². The Labute approximate surface area is 327 Å². The molecule has 14 heteroatoms. The van der Waals surface area contributed by atoms with Gasteiger partial charge in [0.25, 0.3) is 5.91 Å². The van der Waals surface area contributed by atoms with E-state index in [9.17, 15) is 22.8 Å². The molecule has 7 nitrogen and oxygen atoms in total. The van der Waals surface area contributed by atoms with E-state index >= 15 is 0 Å². The van der Waals surface area contributed by atoms with Gasteiger partial charge in [-0.1, -0.05) is 88.9 Å². The third kappa shape index (κ3) is 7.46. The van der Waals surface area contributed by atoms with Crippen LogP contribution < -0.4 is 4.74 Å². The number of likely N-dealkylation sites (tertiary alicyclic amines) is 2. The molecule has 2 fully saturated rings. The van der Waals surface area contributed by atoms with Gasteiger partial charge in [-0.3, -0.25) is 9.69 Å². The van der Waals surface area contributed by atoms with Gasteiger partial charge in [0.2, 0.25) is 9.61 Å². The fourth-order valence-corrected chi connectivity index (χ4v) is 8.11. The van der Waals surface area contributed by atoms with Crippen LogP contribution in [-0.2, 0) is 22.5 Å². The van der Waals surface area contributed by atoms with E-state index in [1.165, 1.54) is 13.8 Å². The summed E-state index contributed by atoms with van der Waals surface area (Å²) in [6, 6.07) is 15.8. The second-order valence-electron chi connectivity index (χ2n) is 14.4. The summed E-state index contributed by atoms with van der Waals surface area (Å²) >= 11 is 25.1. The molecule has 6 rings (SSSR count). The van der Waals surface area contributed by atoms with Crippen molar-refractivity contribution in [3.8, 4) is 5.75 Å². The van der Waals surface area contributed by atoms with Gasteiger partial charge in [0, 0.05) is 42.2 Å². The van der Waals surface area contributed by atoms with Crippen molar-refractivity contribution in [3.05, 3.63) is 105 Å². The van der Waals surface area contributed by atoms with Gasteiger partial charge in [0.15, 0.2) is 23.0 Å². The van der Waals surface area contributed by atoms with E-state index in [0.29, 0.717) is 55.6 Å². The number of rotatable bonds is 11. The Balaban J connectivity index is 1.31. The molecule has 2 amide bonds. The molecule has 1 spiro atoms. The van der Waals surface area contributed by atoms with Crippen molar-refractivity contribution >= 4 is 64.0 Å². The first-order valence-corrected chi connectivity index (χ1v) is 18.9. The Morgan fingerprint density at radius 3 is 2.34 bits per heavy atom. The number of aryl methyl sites for hydroxylation is 1. The fourth-order valence-electron chi connectivity index (χ4n) is 7.80. The molecule has 2 heterocycles. The number of nitrogens with zero attached hydrogens (tertiary/aromatic N) is 3. The Bertz CT molecular complexity index is 1920. The lowest BCUT2D eigenvalue weighted by atomic mass is 9.66. The Hall–Kier alpha value is -3.15. The van der Waals surface area contributed by atoms with E-state index in [4.69, 9.17) is 55.9 Å². The summed E-state index contributed by atoms with van der Waals surface area (Å²) in [7, 11) is 1.99. The van der Waals surface area contributed by atoms with E-state index in [1.807, 2.05) is 56.4 Å². The zero-order valence-corrected chi connectivity index (χ0v) is 32.7. The molecule has 284 valence electrons. The van der Waals surface area contributed by atoms with Crippen LogP contribution in [0.1, 0.15) is 50.3 Å². The molecule has 2 aliphatic heterocycles. The highest BCUT2D eigenvalue weighted by Gasteiger charge is 2.71. The zero-order chi connectivity index (χ0) is 38.5. The van der Waals surface area contributed by atoms with Crippen LogP contribution >= 0.6 is 46.4 Å². The Morgan fingerprint density at radius 2 is 1.68 bits per heavy atom. The van der Waals surface area contributed by atoms with Crippen molar-refractivity contribution in [3.63, 3.8) is 0 Å². The van der Waals surface area contributed by atoms with Gasteiger partial charge < -0.3 is 19.3 Å². The monoisotopic (exact) mass is 811 g/mol. The first-order chi connectivity index (χ1) is 25.0. The molecule has 1 aliphatic carbocycles. The predicted octanol–water partition coefficient (Wildman–Crippen LogP) is 9.24. The minimum Gasteiger partial charge on any atom is -0.488 e. The van der Waals surface area contributed by atoms with Gasteiger partial charge >= 0.3 is 6.09 Å². The maximum Gasteiger partial charge on any atom is 0.411 e. The zero-order valence-electron chi connectivity index (χ0n) is 29.7. The number of hydrogen-bond acceptors (Lipinski definition) is 5. The lowest BCUT2D eigenvalue weighted by Gasteiger charge is -2.57. The highest BCUT2D eigenvalue weighted by atomic mass is 35.6. The average Bonchev–Trinajstić information content (AvgIpc) is 3.53. The Kier molecular flexibility index (Phi) is 11.3. The number of alkyl halides is 3. The fraction of sp³-hybridized carbons (Fsp3) is 0.436. The number of halogens is 7. The summed E-state index contributed by atoms with van der Waals surface area (Å²) in [6.07, 6.45) is 0.810. The molecule has 0 saturated carbocycles. The molecule has 3 unspecified atom stereocenters. The van der Waals surface area contributed by atoms with Crippen LogP contribution in [0.5, 0.6) is 5.75 Å². The number of hydrogen-bond donors (Lipinski definition) is 0. The normalized spacial score (nSPS) is 21.3. The minimum absolute atomic E-state index is 0.0265. The molecule has 0 bridgehead atoms. The Morgan fingerprint density at radius 1 is 1.00 bits per heavy atom. The van der Waals surface area contributed by atoms with E-state index in [-0.39, 0.29) is 25.1 Å². The van der Waals surface area contributed by atoms with Gasteiger partial charge in [-0.25, -0.2) is 13.6 Å². The first-order valence-electron chi connectivity index (χ1n) is 17.4. The number of ether oxygens (including phenoxy) is 2. The van der Waals surface area contributed by atoms with Crippen LogP contribution in [0.3, 0.4) is 0 Å². The number of amides is 2. The van der Waals surface area contributed by atoms with Gasteiger partial charge in [-0.15, -0.1) is 0 Å². The highest BCUT2D eigenvalue weighted by Crippen LogP contribution is 2.62. The molecule has 3 atom stereocenters. The van der Waals surface area contributed by atoms with Crippen molar-refractivity contribution in [1.29, 1.82) is 0 Å². The molecule has 53 heavy (non-hydrogen) atoms. The van der Waals surface area contributed by atoms with E-state index < -0.39 is 50.1 Å². The summed E-state index contributed by atoms with van der Waals surface area (Å²) in [4.78, 5) is 34.4. The topological polar surface area (TPSA) is 62.3 Å². The second kappa shape index (κ2) is 15.2. The van der Waals surface area contributed by atoms with Gasteiger partial charge in [0.05, 0.1) is 18.7 Å². The van der Waals surface area contributed by atoms with Crippen molar-refractivity contribution < 1.29 is 32.2 Å². The van der Waals surface area contributed by atoms with Crippen LogP contribution in [-0.4, -0.2) is 81.5 Å². The van der Waals surface area contributed by atoms with Gasteiger partial charge in [-0.05, 0) is 87.5 Å². The standard InChI is InChI=1S/C39H40Cl4F3N3O4/c1-5-48(20-25-10-6-7-11-27(25)40)35(50)31-26(24-14-12-23(13-15-24)9-8-18-52-33-29(45)17-16-28(44)32(33)46)19-38-22-47(4)21-30(38)49(34(31)38)36(51)53-37(2,3)39(41,42)43/h6-7,10-17,30,34H,5,8-9,18-22H2,1-4H3. The summed E-state index contributed by atoms with van der Waals surface area (Å²) in [5.41, 5.74) is 1.99. The van der Waals surface area contributed by atoms with Crippen LogP contribution in [0.2, 0.25) is 5.02 Å². The molecule has 0 N–H and O–H groups in total. The van der Waals surface area contributed by atoms with Gasteiger partial charge in [-0.2, -0.15) is 4.39 Å². The number of benzene rings is 3. The maximum atomic E-state index is 14.9. The molecule has 2 saturated heterocycles. The molecule has 3 aromatic rings. The number of carbonyl (C=O) groups is 2. The first kappa shape index (κ1) is 39.5. The molecular weight excluding hydrogens is 773 g/mol. The van der Waals surface area contributed by atoms with Gasteiger partial charge in [0.1, 0.15) is 0 Å². The maximum absolute atomic E-state index is 14.9. The molecule has 3 aromatic carbocycles. The summed E-state index contributed by atoms with van der Waals surface area (Å²) in [5, 5.41) is 0.545. The minimum atomic E-state index is -1.90. The highest BCUT2D eigenvalue weighted by molar-refractivity contribution is 6.68. The molecule has 3 aliphatic rings. The molecule has 0 aromatic heterocycles. The summed E-state index contributed by atoms with van der Waals surface area (Å²) in [5.74, 6) is -4.46. The van der Waals surface area contributed by atoms with Crippen LogP contribution in [0.4, 0.5) is 18.0 Å². The van der Waals surface area contributed by atoms with Crippen molar-refractivity contribution in [1.82, 2.24) is 14.7 Å². The van der Waals surface area contributed by atoms with Crippen LogP contribution in [0.25, 0.3) is 5.57 Å². The van der Waals surface area contributed by atoms with E-state index in [0.717, 1.165) is 28.3 Å². The van der Waals surface area contributed by atoms with Crippen LogP contribution in [0, 0.1) is 22.9 Å². The summed E-state index contributed by atoms with van der Waals surface area (Å²) < 4.78 is 50.8. The third-order valence-electron chi connectivity index (χ3n) is 10.6. The third-order valence-corrected chi connectivity index (χ3v) is 12.3. The predicted molar refractivity (Wildman–Crippen MR) is 201 cm³/mol. The smallest absolute Gasteiger partial charge is 0.411 e. The number of allylic oxidation sites excluding steroid dienone is 1.